The lowest BCUT2D eigenvalue weighted by Crippen LogP contribution is -2.43. The van der Waals surface area contributed by atoms with E-state index in [1.807, 2.05) is 56.4 Å². The molecule has 0 radical (unpaired) electrons. The summed E-state index contributed by atoms with van der Waals surface area (Å²) in [6, 6.07) is 13.4. The first-order chi connectivity index (χ1) is 12.3. The molecule has 0 aliphatic carbocycles. The van der Waals surface area contributed by atoms with Crippen molar-refractivity contribution in [1.29, 1.82) is 0 Å². The van der Waals surface area contributed by atoms with Gasteiger partial charge in [0.15, 0.2) is 5.60 Å². The summed E-state index contributed by atoms with van der Waals surface area (Å²) >= 11 is 0. The van der Waals surface area contributed by atoms with Crippen molar-refractivity contribution in [1.82, 2.24) is 14.8 Å². The number of hydrogen-bond acceptors (Lipinski definition) is 4. The Hall–Kier alpha value is -3.15. The molecular formula is C20H22N4O2. The van der Waals surface area contributed by atoms with Crippen molar-refractivity contribution < 1.29 is 9.53 Å². The third-order valence-corrected chi connectivity index (χ3v) is 3.92. The Labute approximate surface area is 152 Å². The van der Waals surface area contributed by atoms with Crippen LogP contribution >= 0.6 is 0 Å². The van der Waals surface area contributed by atoms with Crippen LogP contribution in [0, 0.1) is 13.8 Å². The maximum absolute atomic E-state index is 12.6. The van der Waals surface area contributed by atoms with Crippen LogP contribution in [0.25, 0.3) is 5.69 Å². The Kier molecular flexibility index (Phi) is 4.75. The number of pyridine rings is 1. The molecule has 3 aromatic rings. The number of aromatic nitrogens is 3. The topological polar surface area (TPSA) is 69.0 Å². The smallest absolute Gasteiger partial charge is 0.269 e. The Morgan fingerprint density at radius 2 is 1.85 bits per heavy atom. The zero-order valence-corrected chi connectivity index (χ0v) is 15.4. The van der Waals surface area contributed by atoms with Crippen LogP contribution in [0.4, 0.5) is 5.82 Å². The number of nitrogens with one attached hydrogen (secondary N) is 1. The molecule has 0 saturated heterocycles. The number of ether oxygens (including phenoxy) is 1. The van der Waals surface area contributed by atoms with Crippen LogP contribution in [0.15, 0.2) is 54.9 Å². The molecule has 1 amide bonds. The van der Waals surface area contributed by atoms with Gasteiger partial charge < -0.3 is 10.1 Å². The lowest BCUT2D eigenvalue weighted by molar-refractivity contribution is -0.128. The first kappa shape index (κ1) is 17.7. The predicted octanol–water partition coefficient (Wildman–Crippen LogP) is 3.68. The lowest BCUT2D eigenvalue weighted by atomic mass is 10.1. The zero-order valence-electron chi connectivity index (χ0n) is 15.4. The summed E-state index contributed by atoms with van der Waals surface area (Å²) in [7, 11) is 0. The van der Waals surface area contributed by atoms with Crippen molar-refractivity contribution in [2.24, 2.45) is 0 Å². The van der Waals surface area contributed by atoms with E-state index < -0.39 is 5.60 Å². The molecular weight excluding hydrogens is 328 g/mol. The van der Waals surface area contributed by atoms with Crippen molar-refractivity contribution in [2.45, 2.75) is 33.3 Å². The van der Waals surface area contributed by atoms with Gasteiger partial charge in [-0.15, -0.1) is 5.10 Å². The Bertz CT molecular complexity index is 899. The van der Waals surface area contributed by atoms with Gasteiger partial charge in [0.05, 0.1) is 5.69 Å². The summed E-state index contributed by atoms with van der Waals surface area (Å²) in [6.07, 6.45) is 3.58. The second kappa shape index (κ2) is 7.00. The molecule has 6 nitrogen and oxygen atoms in total. The maximum atomic E-state index is 12.6. The molecule has 0 aliphatic heterocycles. The Morgan fingerprint density at radius 3 is 2.50 bits per heavy atom. The second-order valence-corrected chi connectivity index (χ2v) is 6.68. The minimum atomic E-state index is -1.10. The highest BCUT2D eigenvalue weighted by Gasteiger charge is 2.32. The molecule has 26 heavy (non-hydrogen) atoms. The molecule has 1 N–H and O–H groups in total. The summed E-state index contributed by atoms with van der Waals surface area (Å²) in [5, 5.41) is 7.24. The van der Waals surface area contributed by atoms with Crippen LogP contribution in [0.3, 0.4) is 0 Å². The number of amides is 1. The zero-order chi connectivity index (χ0) is 18.7. The fraction of sp³-hybridized carbons (Fsp3) is 0.250. The van der Waals surface area contributed by atoms with Crippen LogP contribution in [-0.4, -0.2) is 26.3 Å². The molecule has 1 aromatic carbocycles. The van der Waals surface area contributed by atoms with E-state index in [1.54, 1.807) is 30.8 Å². The van der Waals surface area contributed by atoms with E-state index in [-0.39, 0.29) is 5.91 Å². The first-order valence-corrected chi connectivity index (χ1v) is 8.40. The number of hydrogen-bond donors (Lipinski definition) is 1. The highest BCUT2D eigenvalue weighted by atomic mass is 16.5. The van der Waals surface area contributed by atoms with Gasteiger partial charge in [-0.05, 0) is 51.5 Å². The van der Waals surface area contributed by atoms with E-state index >= 15 is 0 Å². The number of anilines is 1. The molecule has 2 aromatic heterocycles. The highest BCUT2D eigenvalue weighted by molar-refractivity contribution is 5.96. The predicted molar refractivity (Wildman–Crippen MR) is 101 cm³/mol. The summed E-state index contributed by atoms with van der Waals surface area (Å²) in [4.78, 5) is 16.8. The number of rotatable bonds is 5. The molecule has 0 spiro atoms. The number of benzene rings is 1. The number of nitrogens with zero attached hydrogens (tertiary/aromatic N) is 3. The van der Waals surface area contributed by atoms with Gasteiger partial charge in [-0.3, -0.25) is 4.79 Å². The van der Waals surface area contributed by atoms with Gasteiger partial charge in [-0.25, -0.2) is 9.67 Å². The monoisotopic (exact) mass is 350 g/mol. The van der Waals surface area contributed by atoms with Gasteiger partial charge in [0.25, 0.3) is 5.91 Å². The standard InChI is InChI=1S/C20H22N4O2/c1-14-10-11-17(21-12-14)22-19(25)20(3,4)26-18-15(2)13-24(23-18)16-8-6-5-7-9-16/h5-13H,1-4H3,(H,21,22,25). The lowest BCUT2D eigenvalue weighted by Gasteiger charge is -2.24. The second-order valence-electron chi connectivity index (χ2n) is 6.68. The quantitative estimate of drug-likeness (QED) is 0.762. The summed E-state index contributed by atoms with van der Waals surface area (Å²) < 4.78 is 7.66. The van der Waals surface area contributed by atoms with Gasteiger partial charge in [0.1, 0.15) is 5.82 Å². The van der Waals surface area contributed by atoms with Crippen molar-refractivity contribution in [3.8, 4) is 11.6 Å². The Balaban J connectivity index is 1.75. The van der Waals surface area contributed by atoms with Gasteiger partial charge in [-0.1, -0.05) is 24.3 Å². The van der Waals surface area contributed by atoms with Gasteiger partial charge in [0.2, 0.25) is 5.88 Å². The molecule has 6 heteroatoms. The average Bonchev–Trinajstić information content (AvgIpc) is 2.98. The minimum absolute atomic E-state index is 0.289. The fourth-order valence-corrected chi connectivity index (χ4v) is 2.35. The third kappa shape index (κ3) is 3.91. The van der Waals surface area contributed by atoms with Gasteiger partial charge >= 0.3 is 0 Å². The number of para-hydroxylation sites is 1. The molecule has 0 unspecified atom stereocenters. The number of aryl methyl sites for hydroxylation is 2. The maximum Gasteiger partial charge on any atom is 0.269 e. The van der Waals surface area contributed by atoms with E-state index in [2.05, 4.69) is 15.4 Å². The van der Waals surface area contributed by atoms with Crippen LogP contribution in [-0.2, 0) is 4.79 Å². The van der Waals surface area contributed by atoms with E-state index in [1.165, 1.54) is 0 Å². The SMILES string of the molecule is Cc1ccc(NC(=O)C(C)(C)Oc2nn(-c3ccccc3)cc2C)nc1. The summed E-state index contributed by atoms with van der Waals surface area (Å²) in [6.45, 7) is 7.25. The van der Waals surface area contributed by atoms with E-state index in [0.717, 1.165) is 16.8 Å². The van der Waals surface area contributed by atoms with Crippen molar-refractivity contribution in [3.05, 3.63) is 66.0 Å². The molecule has 2 heterocycles. The van der Waals surface area contributed by atoms with Crippen LogP contribution in [0.2, 0.25) is 0 Å². The van der Waals surface area contributed by atoms with E-state index in [4.69, 9.17) is 4.74 Å². The molecule has 0 fully saturated rings. The molecule has 0 aliphatic rings. The summed E-state index contributed by atoms with van der Waals surface area (Å²) in [5.41, 5.74) is 1.70. The van der Waals surface area contributed by atoms with Crippen molar-refractivity contribution in [3.63, 3.8) is 0 Å². The van der Waals surface area contributed by atoms with E-state index in [0.29, 0.717) is 11.7 Å². The van der Waals surface area contributed by atoms with Crippen molar-refractivity contribution >= 4 is 11.7 Å². The first-order valence-electron chi connectivity index (χ1n) is 8.40. The van der Waals surface area contributed by atoms with E-state index in [9.17, 15) is 4.79 Å². The normalized spacial score (nSPS) is 11.2. The molecule has 3 rings (SSSR count). The van der Waals surface area contributed by atoms with Crippen LogP contribution < -0.4 is 10.1 Å². The Morgan fingerprint density at radius 1 is 1.12 bits per heavy atom. The van der Waals surface area contributed by atoms with Gasteiger partial charge in [0, 0.05) is 18.0 Å². The molecule has 0 saturated carbocycles. The molecule has 134 valence electrons. The average molecular weight is 350 g/mol. The number of carbonyl (C=O) groups excluding carboxylic acids is 1. The minimum Gasteiger partial charge on any atom is -0.460 e. The van der Waals surface area contributed by atoms with Crippen LogP contribution in [0.1, 0.15) is 25.0 Å². The third-order valence-electron chi connectivity index (χ3n) is 3.92. The van der Waals surface area contributed by atoms with Crippen molar-refractivity contribution in [2.75, 3.05) is 5.32 Å². The molecule has 0 atom stereocenters. The van der Waals surface area contributed by atoms with Gasteiger partial charge in [-0.2, -0.15) is 0 Å². The summed E-state index contributed by atoms with van der Waals surface area (Å²) in [5.74, 6) is 0.622. The molecule has 0 bridgehead atoms. The number of carbonyl (C=O) groups is 1. The largest absolute Gasteiger partial charge is 0.460 e. The highest BCUT2D eigenvalue weighted by Crippen LogP contribution is 2.23. The fourth-order valence-electron chi connectivity index (χ4n) is 2.35. The van der Waals surface area contributed by atoms with Crippen LogP contribution in [0.5, 0.6) is 5.88 Å².